The first kappa shape index (κ1) is 18.2. The van der Waals surface area contributed by atoms with Gasteiger partial charge < -0.3 is 20.7 Å². The third kappa shape index (κ3) is 4.04. The van der Waals surface area contributed by atoms with Crippen molar-refractivity contribution in [3.8, 4) is 0 Å². The molecule has 130 valence electrons. The van der Waals surface area contributed by atoms with Crippen molar-refractivity contribution in [2.75, 3.05) is 26.8 Å². The number of halogens is 1. The van der Waals surface area contributed by atoms with Crippen molar-refractivity contribution in [1.82, 2.24) is 10.2 Å². The fourth-order valence-corrected chi connectivity index (χ4v) is 3.13. The van der Waals surface area contributed by atoms with E-state index in [4.69, 9.17) is 22.1 Å². The summed E-state index contributed by atoms with van der Waals surface area (Å²) in [4.78, 5) is 37.3. The number of nitrogens with zero attached hydrogens (tertiary/aromatic N) is 1. The Kier molecular flexibility index (Phi) is 6.16. The molecular weight excluding hydrogens is 334 g/mol. The van der Waals surface area contributed by atoms with E-state index in [9.17, 15) is 14.4 Å². The molecule has 3 amide bonds. The van der Waals surface area contributed by atoms with Gasteiger partial charge >= 0.3 is 0 Å². The third-order valence-corrected chi connectivity index (χ3v) is 4.31. The van der Waals surface area contributed by atoms with Crippen LogP contribution in [0.4, 0.5) is 0 Å². The SMILES string of the molecule is COCCN1C(=O)C[C@@H](C(=O)NCC(N)=O)[C@@H]1c1ccccc1Cl. The van der Waals surface area contributed by atoms with Crippen LogP contribution in [-0.2, 0) is 19.1 Å². The Morgan fingerprint density at radius 3 is 2.75 bits per heavy atom. The summed E-state index contributed by atoms with van der Waals surface area (Å²) in [5.41, 5.74) is 5.76. The zero-order valence-corrected chi connectivity index (χ0v) is 14.1. The van der Waals surface area contributed by atoms with Crippen molar-refractivity contribution in [2.45, 2.75) is 12.5 Å². The number of ether oxygens (including phenoxy) is 1. The number of nitrogens with two attached hydrogens (primary N) is 1. The maximum Gasteiger partial charge on any atom is 0.236 e. The number of hydrogen-bond acceptors (Lipinski definition) is 4. The molecule has 1 aliphatic heterocycles. The number of hydrogen-bond donors (Lipinski definition) is 2. The topological polar surface area (TPSA) is 102 Å². The van der Waals surface area contributed by atoms with E-state index >= 15 is 0 Å². The first-order valence-electron chi connectivity index (χ1n) is 7.54. The van der Waals surface area contributed by atoms with Gasteiger partial charge in [0.2, 0.25) is 17.7 Å². The van der Waals surface area contributed by atoms with Crippen molar-refractivity contribution in [3.63, 3.8) is 0 Å². The number of primary amides is 1. The van der Waals surface area contributed by atoms with E-state index < -0.39 is 23.8 Å². The van der Waals surface area contributed by atoms with Gasteiger partial charge in [-0.25, -0.2) is 0 Å². The second-order valence-electron chi connectivity index (χ2n) is 5.54. The normalized spacial score (nSPS) is 20.2. The molecule has 2 rings (SSSR count). The molecule has 0 aliphatic carbocycles. The van der Waals surface area contributed by atoms with Crippen LogP contribution < -0.4 is 11.1 Å². The van der Waals surface area contributed by atoms with E-state index in [0.717, 1.165) is 0 Å². The van der Waals surface area contributed by atoms with Crippen molar-refractivity contribution in [3.05, 3.63) is 34.9 Å². The predicted octanol–water partition coefficient (Wildman–Crippen LogP) is 0.478. The zero-order valence-electron chi connectivity index (χ0n) is 13.3. The maximum absolute atomic E-state index is 12.4. The number of likely N-dealkylation sites (tertiary alicyclic amines) is 1. The van der Waals surface area contributed by atoms with Gasteiger partial charge in [-0.2, -0.15) is 0 Å². The van der Waals surface area contributed by atoms with Crippen LogP contribution >= 0.6 is 11.6 Å². The Balaban J connectivity index is 2.31. The van der Waals surface area contributed by atoms with Crippen molar-refractivity contribution in [2.24, 2.45) is 11.7 Å². The first-order chi connectivity index (χ1) is 11.5. The Morgan fingerprint density at radius 2 is 2.12 bits per heavy atom. The summed E-state index contributed by atoms with van der Waals surface area (Å²) in [5, 5.41) is 2.95. The third-order valence-electron chi connectivity index (χ3n) is 3.97. The van der Waals surface area contributed by atoms with E-state index in [2.05, 4.69) is 5.32 Å². The molecule has 2 atom stereocenters. The van der Waals surface area contributed by atoms with E-state index in [0.29, 0.717) is 23.7 Å². The first-order valence-corrected chi connectivity index (χ1v) is 7.92. The summed E-state index contributed by atoms with van der Waals surface area (Å²) in [5.74, 6) is -1.84. The molecule has 7 nitrogen and oxygen atoms in total. The number of carbonyl (C=O) groups is 3. The summed E-state index contributed by atoms with van der Waals surface area (Å²) in [6.07, 6.45) is 0.0458. The second-order valence-corrected chi connectivity index (χ2v) is 5.95. The highest BCUT2D eigenvalue weighted by Gasteiger charge is 2.44. The largest absolute Gasteiger partial charge is 0.383 e. The number of nitrogens with one attached hydrogen (secondary N) is 1. The summed E-state index contributed by atoms with van der Waals surface area (Å²) in [7, 11) is 1.54. The monoisotopic (exact) mass is 353 g/mol. The van der Waals surface area contributed by atoms with E-state index in [-0.39, 0.29) is 18.9 Å². The maximum atomic E-state index is 12.4. The van der Waals surface area contributed by atoms with Crippen LogP contribution in [0.25, 0.3) is 0 Å². The van der Waals surface area contributed by atoms with Crippen LogP contribution in [0.15, 0.2) is 24.3 Å². The van der Waals surface area contributed by atoms with E-state index in [1.165, 1.54) is 0 Å². The van der Waals surface area contributed by atoms with Crippen LogP contribution in [0.3, 0.4) is 0 Å². The summed E-state index contributed by atoms with van der Waals surface area (Å²) >= 11 is 6.27. The van der Waals surface area contributed by atoms with Gasteiger partial charge in [-0.05, 0) is 11.6 Å². The fraction of sp³-hybridized carbons (Fsp3) is 0.438. The van der Waals surface area contributed by atoms with Crippen molar-refractivity contribution in [1.29, 1.82) is 0 Å². The van der Waals surface area contributed by atoms with Crippen LogP contribution in [-0.4, -0.2) is 49.4 Å². The van der Waals surface area contributed by atoms with Crippen LogP contribution in [0.1, 0.15) is 18.0 Å². The number of carbonyl (C=O) groups excluding carboxylic acids is 3. The predicted molar refractivity (Wildman–Crippen MR) is 88.1 cm³/mol. The van der Waals surface area contributed by atoms with Crippen LogP contribution in [0.2, 0.25) is 5.02 Å². The Bertz CT molecular complexity index is 638. The molecule has 24 heavy (non-hydrogen) atoms. The van der Waals surface area contributed by atoms with Gasteiger partial charge in [0, 0.05) is 25.1 Å². The molecule has 0 radical (unpaired) electrons. The summed E-state index contributed by atoms with van der Waals surface area (Å²) < 4.78 is 5.05. The molecule has 1 aromatic carbocycles. The highest BCUT2D eigenvalue weighted by molar-refractivity contribution is 6.31. The van der Waals surface area contributed by atoms with Gasteiger partial charge in [-0.3, -0.25) is 14.4 Å². The number of amides is 3. The van der Waals surface area contributed by atoms with Crippen LogP contribution in [0.5, 0.6) is 0 Å². The molecule has 1 fully saturated rings. The molecule has 0 spiro atoms. The highest BCUT2D eigenvalue weighted by Crippen LogP contribution is 2.40. The van der Waals surface area contributed by atoms with Gasteiger partial charge in [0.25, 0.3) is 0 Å². The summed E-state index contributed by atoms with van der Waals surface area (Å²) in [6.45, 7) is 0.435. The van der Waals surface area contributed by atoms with Crippen LogP contribution in [0, 0.1) is 5.92 Å². The fourth-order valence-electron chi connectivity index (χ4n) is 2.88. The Morgan fingerprint density at radius 1 is 1.42 bits per heavy atom. The highest BCUT2D eigenvalue weighted by atomic mass is 35.5. The summed E-state index contributed by atoms with van der Waals surface area (Å²) in [6, 6.07) is 6.59. The quantitative estimate of drug-likeness (QED) is 0.744. The van der Waals surface area contributed by atoms with Crippen molar-refractivity contribution >= 4 is 29.3 Å². The van der Waals surface area contributed by atoms with E-state index in [1.54, 1.807) is 36.3 Å². The molecule has 1 saturated heterocycles. The van der Waals surface area contributed by atoms with Gasteiger partial charge in [0.15, 0.2) is 0 Å². The molecule has 3 N–H and O–H groups in total. The van der Waals surface area contributed by atoms with Gasteiger partial charge in [-0.15, -0.1) is 0 Å². The Labute approximate surface area is 145 Å². The minimum Gasteiger partial charge on any atom is -0.383 e. The average Bonchev–Trinajstić information content (AvgIpc) is 2.87. The number of rotatable bonds is 7. The van der Waals surface area contributed by atoms with Crippen molar-refractivity contribution < 1.29 is 19.1 Å². The molecule has 1 heterocycles. The van der Waals surface area contributed by atoms with E-state index in [1.807, 2.05) is 0 Å². The molecule has 1 aromatic rings. The van der Waals surface area contributed by atoms with Gasteiger partial charge in [0.1, 0.15) is 0 Å². The lowest BCUT2D eigenvalue weighted by Crippen LogP contribution is -2.40. The average molecular weight is 354 g/mol. The number of benzene rings is 1. The van der Waals surface area contributed by atoms with Gasteiger partial charge in [0.05, 0.1) is 25.1 Å². The molecule has 0 bridgehead atoms. The number of methoxy groups -OCH3 is 1. The molecular formula is C16H20ClN3O4. The van der Waals surface area contributed by atoms with Gasteiger partial charge in [-0.1, -0.05) is 29.8 Å². The smallest absolute Gasteiger partial charge is 0.236 e. The Hall–Kier alpha value is -2.12. The molecule has 0 aromatic heterocycles. The minimum absolute atomic E-state index is 0.0458. The standard InChI is InChI=1S/C16H20ClN3O4/c1-24-7-6-20-14(22)8-11(16(23)19-9-13(18)21)15(20)10-4-2-3-5-12(10)17/h2-5,11,15H,6-9H2,1H3,(H2,18,21)(H,19,23)/t11-,15+/m1/s1. The second kappa shape index (κ2) is 8.12. The molecule has 1 aliphatic rings. The lowest BCUT2D eigenvalue weighted by Gasteiger charge is -2.28. The lowest BCUT2D eigenvalue weighted by atomic mass is 9.92. The minimum atomic E-state index is -0.645. The molecule has 0 unspecified atom stereocenters. The zero-order chi connectivity index (χ0) is 17.7. The molecule has 8 heteroatoms. The lowest BCUT2D eigenvalue weighted by molar-refractivity contribution is -0.129. The molecule has 0 saturated carbocycles.